The zero-order chi connectivity index (χ0) is 22.9. The van der Waals surface area contributed by atoms with E-state index in [4.69, 9.17) is 21.1 Å². The Morgan fingerprint density at radius 1 is 1.26 bits per heavy atom. The molecule has 7 nitrogen and oxygen atoms in total. The van der Waals surface area contributed by atoms with Crippen molar-refractivity contribution in [3.05, 3.63) is 55.0 Å². The number of nitrogens with zero attached hydrogens (tertiary/aromatic N) is 4. The summed E-state index contributed by atoms with van der Waals surface area (Å²) in [5.41, 5.74) is -2.28. The van der Waals surface area contributed by atoms with Crippen LogP contribution in [0.4, 0.5) is 13.2 Å². The quantitative estimate of drug-likeness (QED) is 0.495. The number of fused-ring (bicyclic) bond motifs is 1. The number of hydrogen-bond donors (Lipinski definition) is 0. The zero-order valence-electron chi connectivity index (χ0n) is 16.0. The average molecular weight is 518 g/mol. The van der Waals surface area contributed by atoms with Gasteiger partial charge in [-0.05, 0) is 41.1 Å². The molecule has 162 valence electrons. The highest BCUT2D eigenvalue weighted by molar-refractivity contribution is 9.10. The largest absolute Gasteiger partial charge is 0.480 e. The number of aryl methyl sites for hydroxylation is 1. The number of ether oxygens (including phenoxy) is 2. The molecule has 0 bridgehead atoms. The lowest BCUT2D eigenvalue weighted by Gasteiger charge is -2.14. The van der Waals surface area contributed by atoms with Crippen LogP contribution in [0.2, 0.25) is 5.02 Å². The molecule has 0 unspecified atom stereocenters. The van der Waals surface area contributed by atoms with E-state index in [1.807, 2.05) is 0 Å². The topological polar surface area (TPSA) is 90.0 Å². The van der Waals surface area contributed by atoms with Crippen LogP contribution >= 0.6 is 27.5 Å². The van der Waals surface area contributed by atoms with Gasteiger partial charge in [-0.2, -0.15) is 23.4 Å². The summed E-state index contributed by atoms with van der Waals surface area (Å²) in [6.07, 6.45) is -4.67. The lowest BCUT2D eigenvalue weighted by Crippen LogP contribution is -2.27. The molecule has 2 aromatic heterocycles. The molecule has 0 spiro atoms. The van der Waals surface area contributed by atoms with Crippen molar-refractivity contribution in [2.45, 2.75) is 19.6 Å². The summed E-state index contributed by atoms with van der Waals surface area (Å²) in [6.45, 7) is 1.47. The number of aromatic nitrogens is 3. The van der Waals surface area contributed by atoms with Crippen LogP contribution < -0.4 is 15.0 Å². The van der Waals surface area contributed by atoms with E-state index in [0.29, 0.717) is 10.5 Å². The van der Waals surface area contributed by atoms with E-state index < -0.39 is 22.9 Å². The molecule has 0 saturated carbocycles. The molecule has 3 rings (SSSR count). The van der Waals surface area contributed by atoms with Crippen molar-refractivity contribution in [3.63, 3.8) is 0 Å². The Morgan fingerprint density at radius 2 is 1.97 bits per heavy atom. The molecule has 0 atom stereocenters. The van der Waals surface area contributed by atoms with Crippen LogP contribution in [0.1, 0.15) is 17.0 Å². The van der Waals surface area contributed by atoms with Crippen LogP contribution in [0, 0.1) is 18.3 Å². The fraction of sp³-hybridized carbons (Fsp3) is 0.263. The summed E-state index contributed by atoms with van der Waals surface area (Å²) < 4.78 is 51.6. The van der Waals surface area contributed by atoms with Crippen LogP contribution in [0.5, 0.6) is 11.8 Å². The summed E-state index contributed by atoms with van der Waals surface area (Å²) in [5.74, 6) is 0.498. The number of halogens is 5. The van der Waals surface area contributed by atoms with Crippen molar-refractivity contribution < 1.29 is 22.6 Å². The van der Waals surface area contributed by atoms with Crippen LogP contribution in [-0.2, 0) is 12.7 Å². The van der Waals surface area contributed by atoms with Crippen molar-refractivity contribution in [1.82, 2.24) is 14.5 Å². The van der Waals surface area contributed by atoms with Gasteiger partial charge in [-0.25, -0.2) is 4.98 Å². The number of nitriles is 1. The smallest absolute Gasteiger partial charge is 0.416 e. The minimum Gasteiger partial charge on any atom is -0.480 e. The SMILES string of the molecule is COc1nc(OCCn2c(C)nc3cc(C(F)(F)F)cc(C#N)c3c2=O)c(Br)cc1Cl. The third-order valence-corrected chi connectivity index (χ3v) is 5.15. The molecule has 3 aromatic rings. The van der Waals surface area contributed by atoms with Gasteiger partial charge in [0.05, 0.1) is 40.2 Å². The van der Waals surface area contributed by atoms with E-state index in [0.717, 1.165) is 6.07 Å². The summed E-state index contributed by atoms with van der Waals surface area (Å²) in [4.78, 5) is 21.1. The Hall–Kier alpha value is -2.84. The van der Waals surface area contributed by atoms with Gasteiger partial charge in [0.1, 0.15) is 23.5 Å². The predicted octanol–water partition coefficient (Wildman–Crippen LogP) is 4.49. The predicted molar refractivity (Wildman–Crippen MR) is 109 cm³/mol. The first-order chi connectivity index (χ1) is 14.6. The molecule has 0 aliphatic rings. The molecule has 0 fully saturated rings. The highest BCUT2D eigenvalue weighted by Crippen LogP contribution is 2.33. The maximum absolute atomic E-state index is 13.1. The van der Waals surface area contributed by atoms with Gasteiger partial charge in [0, 0.05) is 0 Å². The molecule has 1 aromatic carbocycles. The number of hydrogen-bond acceptors (Lipinski definition) is 6. The average Bonchev–Trinajstić information content (AvgIpc) is 2.70. The highest BCUT2D eigenvalue weighted by atomic mass is 79.9. The third kappa shape index (κ3) is 4.60. The molecule has 0 saturated heterocycles. The van der Waals surface area contributed by atoms with E-state index in [-0.39, 0.29) is 46.7 Å². The first kappa shape index (κ1) is 22.8. The summed E-state index contributed by atoms with van der Waals surface area (Å²) in [7, 11) is 1.40. The maximum atomic E-state index is 13.1. The second-order valence-electron chi connectivity index (χ2n) is 6.26. The summed E-state index contributed by atoms with van der Waals surface area (Å²) in [5, 5.41) is 9.37. The van der Waals surface area contributed by atoms with Gasteiger partial charge in [0.2, 0.25) is 11.8 Å². The van der Waals surface area contributed by atoms with Crippen molar-refractivity contribution in [2.75, 3.05) is 13.7 Å². The third-order valence-electron chi connectivity index (χ3n) is 4.31. The van der Waals surface area contributed by atoms with Crippen molar-refractivity contribution in [2.24, 2.45) is 0 Å². The first-order valence-electron chi connectivity index (χ1n) is 8.62. The fourth-order valence-electron chi connectivity index (χ4n) is 2.88. The molecule has 0 radical (unpaired) electrons. The van der Waals surface area contributed by atoms with Gasteiger partial charge in [-0.3, -0.25) is 9.36 Å². The molecular formula is C19H13BrClF3N4O3. The Kier molecular flexibility index (Phi) is 6.43. The van der Waals surface area contributed by atoms with E-state index in [1.165, 1.54) is 24.7 Å². The lowest BCUT2D eigenvalue weighted by atomic mass is 10.1. The Labute approximate surface area is 187 Å². The van der Waals surface area contributed by atoms with Crippen LogP contribution in [0.25, 0.3) is 10.9 Å². The van der Waals surface area contributed by atoms with E-state index in [9.17, 15) is 23.2 Å². The maximum Gasteiger partial charge on any atom is 0.416 e. The number of benzene rings is 1. The lowest BCUT2D eigenvalue weighted by molar-refractivity contribution is -0.137. The van der Waals surface area contributed by atoms with Crippen LogP contribution in [-0.4, -0.2) is 28.3 Å². The first-order valence-corrected chi connectivity index (χ1v) is 9.79. The number of pyridine rings is 1. The molecular weight excluding hydrogens is 505 g/mol. The molecule has 12 heteroatoms. The Bertz CT molecular complexity index is 1270. The standard InChI is InChI=1S/C19H13BrClF3N4O3/c1-9-26-14-6-11(19(22,23)24)5-10(8-25)15(14)18(29)28(9)3-4-31-16-12(20)7-13(21)17(27-16)30-2/h5-7H,3-4H2,1-2H3. The summed E-state index contributed by atoms with van der Waals surface area (Å²) >= 11 is 9.24. The number of alkyl halides is 3. The fourth-order valence-corrected chi connectivity index (χ4v) is 3.68. The second-order valence-corrected chi connectivity index (χ2v) is 7.52. The van der Waals surface area contributed by atoms with E-state index in [1.54, 1.807) is 6.07 Å². The van der Waals surface area contributed by atoms with E-state index >= 15 is 0 Å². The normalized spacial score (nSPS) is 11.4. The minimum atomic E-state index is -4.67. The van der Waals surface area contributed by atoms with Crippen LogP contribution in [0.15, 0.2) is 27.5 Å². The van der Waals surface area contributed by atoms with Gasteiger partial charge in [-0.1, -0.05) is 11.6 Å². The Morgan fingerprint density at radius 3 is 2.58 bits per heavy atom. The molecule has 2 heterocycles. The molecule has 0 amide bonds. The minimum absolute atomic E-state index is 0.0125. The summed E-state index contributed by atoms with van der Waals surface area (Å²) in [6, 6.07) is 4.58. The molecule has 0 aliphatic heterocycles. The molecule has 31 heavy (non-hydrogen) atoms. The van der Waals surface area contributed by atoms with Gasteiger partial charge < -0.3 is 9.47 Å². The van der Waals surface area contributed by atoms with Crippen molar-refractivity contribution in [1.29, 1.82) is 5.26 Å². The van der Waals surface area contributed by atoms with Gasteiger partial charge >= 0.3 is 6.18 Å². The van der Waals surface area contributed by atoms with Crippen molar-refractivity contribution >= 4 is 38.4 Å². The second kappa shape index (κ2) is 8.72. The highest BCUT2D eigenvalue weighted by Gasteiger charge is 2.32. The van der Waals surface area contributed by atoms with Crippen LogP contribution in [0.3, 0.4) is 0 Å². The number of rotatable bonds is 5. The zero-order valence-corrected chi connectivity index (χ0v) is 18.4. The number of methoxy groups -OCH3 is 1. The molecule has 0 aliphatic carbocycles. The monoisotopic (exact) mass is 516 g/mol. The van der Waals surface area contributed by atoms with Gasteiger partial charge in [0.25, 0.3) is 5.56 Å². The van der Waals surface area contributed by atoms with E-state index in [2.05, 4.69) is 25.9 Å². The Balaban J connectivity index is 1.95. The van der Waals surface area contributed by atoms with Crippen molar-refractivity contribution in [3.8, 4) is 17.8 Å². The van der Waals surface area contributed by atoms with Gasteiger partial charge in [-0.15, -0.1) is 0 Å². The molecule has 0 N–H and O–H groups in total. The van der Waals surface area contributed by atoms with Gasteiger partial charge in [0.15, 0.2) is 0 Å².